The highest BCUT2D eigenvalue weighted by molar-refractivity contribution is 5.72. The summed E-state index contributed by atoms with van der Waals surface area (Å²) < 4.78 is 10.7. The molecule has 1 aromatic heterocycles. The molecule has 0 bridgehead atoms. The summed E-state index contributed by atoms with van der Waals surface area (Å²) in [5, 5.41) is 16.6. The number of aliphatic carboxylic acids is 1. The second kappa shape index (κ2) is 5.49. The maximum absolute atomic E-state index is 11.2. The number of nitrogens with one attached hydrogen (secondary N) is 1. The van der Waals surface area contributed by atoms with Crippen molar-refractivity contribution in [3.63, 3.8) is 0 Å². The monoisotopic (exact) mass is 315 g/mol. The lowest BCUT2D eigenvalue weighted by molar-refractivity contribution is -0.141. The molecule has 0 aliphatic carbocycles. The van der Waals surface area contributed by atoms with Gasteiger partial charge in [-0.3, -0.25) is 9.89 Å². The lowest BCUT2D eigenvalue weighted by Crippen LogP contribution is -2.38. The topological polar surface area (TPSA) is 87.7 Å². The van der Waals surface area contributed by atoms with Crippen LogP contribution >= 0.6 is 0 Å². The first-order valence-corrected chi connectivity index (χ1v) is 7.64. The van der Waals surface area contributed by atoms with Crippen molar-refractivity contribution >= 4 is 11.8 Å². The van der Waals surface area contributed by atoms with Gasteiger partial charge < -0.3 is 19.5 Å². The summed E-state index contributed by atoms with van der Waals surface area (Å²) in [5.74, 6) is 1.19. The van der Waals surface area contributed by atoms with Gasteiger partial charge in [0.15, 0.2) is 17.3 Å². The number of ether oxygens (including phenoxy) is 2. The summed E-state index contributed by atoms with van der Waals surface area (Å²) in [6, 6.07) is 7.68. The van der Waals surface area contributed by atoms with Crippen molar-refractivity contribution in [2.75, 3.05) is 24.8 Å². The molecule has 4 rings (SSSR count). The lowest BCUT2D eigenvalue weighted by atomic mass is 9.98. The minimum atomic E-state index is -0.735. The van der Waals surface area contributed by atoms with Crippen LogP contribution in [0.5, 0.6) is 11.5 Å². The van der Waals surface area contributed by atoms with E-state index >= 15 is 0 Å². The maximum atomic E-state index is 11.2. The molecular weight excluding hydrogens is 298 g/mol. The number of hydrogen-bond acceptors (Lipinski definition) is 5. The minimum Gasteiger partial charge on any atom is -0.481 e. The van der Waals surface area contributed by atoms with Gasteiger partial charge in [0.05, 0.1) is 11.6 Å². The zero-order valence-corrected chi connectivity index (χ0v) is 12.5. The number of hydrogen-bond donors (Lipinski definition) is 2. The number of aromatic nitrogens is 2. The number of rotatable bonds is 3. The van der Waals surface area contributed by atoms with Crippen molar-refractivity contribution in [2.45, 2.75) is 12.8 Å². The Morgan fingerprint density at radius 3 is 3.04 bits per heavy atom. The van der Waals surface area contributed by atoms with Crippen LogP contribution < -0.4 is 14.4 Å². The highest BCUT2D eigenvalue weighted by Gasteiger charge is 2.26. The summed E-state index contributed by atoms with van der Waals surface area (Å²) >= 11 is 0. The molecule has 2 aliphatic rings. The Hall–Kier alpha value is -2.70. The van der Waals surface area contributed by atoms with Gasteiger partial charge in [-0.25, -0.2) is 0 Å². The number of piperidine rings is 1. The second-order valence-corrected chi connectivity index (χ2v) is 5.83. The number of carboxylic acids is 1. The molecule has 1 atom stereocenters. The van der Waals surface area contributed by atoms with E-state index in [-0.39, 0.29) is 12.7 Å². The van der Waals surface area contributed by atoms with Gasteiger partial charge in [-0.1, -0.05) is 0 Å². The molecule has 3 heterocycles. The van der Waals surface area contributed by atoms with Gasteiger partial charge in [-0.15, -0.1) is 0 Å². The molecule has 0 radical (unpaired) electrons. The fourth-order valence-electron chi connectivity index (χ4n) is 3.07. The number of H-pyrrole nitrogens is 1. The van der Waals surface area contributed by atoms with Gasteiger partial charge in [0.1, 0.15) is 0 Å². The van der Waals surface area contributed by atoms with E-state index in [0.717, 1.165) is 48.0 Å². The molecule has 0 amide bonds. The number of nitrogens with zero attached hydrogens (tertiary/aromatic N) is 2. The number of carbonyl (C=O) groups is 1. The lowest BCUT2D eigenvalue weighted by Gasteiger charge is -2.30. The Balaban J connectivity index is 1.56. The highest BCUT2D eigenvalue weighted by Crippen LogP contribution is 2.36. The van der Waals surface area contributed by atoms with Gasteiger partial charge in [-0.2, -0.15) is 5.10 Å². The van der Waals surface area contributed by atoms with Crippen LogP contribution in [0.2, 0.25) is 0 Å². The average Bonchev–Trinajstić information content (AvgIpc) is 3.23. The minimum absolute atomic E-state index is 0.247. The van der Waals surface area contributed by atoms with Gasteiger partial charge in [-0.05, 0) is 31.0 Å². The second-order valence-electron chi connectivity index (χ2n) is 5.83. The van der Waals surface area contributed by atoms with Crippen LogP contribution in [0.1, 0.15) is 12.8 Å². The highest BCUT2D eigenvalue weighted by atomic mass is 16.7. The first-order valence-electron chi connectivity index (χ1n) is 7.64. The summed E-state index contributed by atoms with van der Waals surface area (Å²) in [4.78, 5) is 13.2. The molecule has 2 N–H and O–H groups in total. The number of aromatic amines is 1. The molecule has 1 unspecified atom stereocenters. The molecule has 0 saturated carbocycles. The fourth-order valence-corrected chi connectivity index (χ4v) is 3.07. The Kier molecular flexibility index (Phi) is 3.33. The third-order valence-corrected chi connectivity index (χ3v) is 4.34. The maximum Gasteiger partial charge on any atom is 0.308 e. The first-order chi connectivity index (χ1) is 11.2. The SMILES string of the molecule is O=C(O)C1CCCN(c2cc(-c3ccc4c(c3)OCO4)[nH]n2)C1. The summed E-state index contributed by atoms with van der Waals surface area (Å²) in [7, 11) is 0. The van der Waals surface area contributed by atoms with Crippen molar-refractivity contribution < 1.29 is 19.4 Å². The molecule has 1 aromatic carbocycles. The smallest absolute Gasteiger partial charge is 0.308 e. The van der Waals surface area contributed by atoms with Crippen LogP contribution in [0.15, 0.2) is 24.3 Å². The molecule has 0 spiro atoms. The number of carboxylic acid groups (broad SMARTS) is 1. The largest absolute Gasteiger partial charge is 0.481 e. The van der Waals surface area contributed by atoms with Crippen molar-refractivity contribution in [1.82, 2.24) is 10.2 Å². The summed E-state index contributed by atoms with van der Waals surface area (Å²) in [6.07, 6.45) is 1.59. The van der Waals surface area contributed by atoms with Crippen LogP contribution in [0.4, 0.5) is 5.82 Å². The van der Waals surface area contributed by atoms with Gasteiger partial charge in [0.2, 0.25) is 6.79 Å². The van der Waals surface area contributed by atoms with E-state index in [1.165, 1.54) is 0 Å². The molecule has 23 heavy (non-hydrogen) atoms. The predicted octanol–water partition coefficient (Wildman–Crippen LogP) is 2.11. The van der Waals surface area contributed by atoms with Gasteiger partial charge in [0, 0.05) is 24.7 Å². The van der Waals surface area contributed by atoms with E-state index in [1.807, 2.05) is 29.2 Å². The van der Waals surface area contributed by atoms with Crippen molar-refractivity contribution in [3.05, 3.63) is 24.3 Å². The van der Waals surface area contributed by atoms with E-state index < -0.39 is 5.97 Å². The van der Waals surface area contributed by atoms with E-state index in [0.29, 0.717) is 6.54 Å². The van der Waals surface area contributed by atoms with Crippen molar-refractivity contribution in [3.8, 4) is 22.8 Å². The third-order valence-electron chi connectivity index (χ3n) is 4.34. The fraction of sp³-hybridized carbons (Fsp3) is 0.375. The average molecular weight is 315 g/mol. The normalized spacial score (nSPS) is 19.8. The van der Waals surface area contributed by atoms with Crippen molar-refractivity contribution in [2.24, 2.45) is 5.92 Å². The van der Waals surface area contributed by atoms with E-state index in [4.69, 9.17) is 9.47 Å². The number of fused-ring (bicyclic) bond motifs is 1. The Morgan fingerprint density at radius 1 is 1.30 bits per heavy atom. The molecule has 2 aliphatic heterocycles. The third kappa shape index (κ3) is 2.58. The van der Waals surface area contributed by atoms with Crippen LogP contribution in [-0.2, 0) is 4.79 Å². The van der Waals surface area contributed by atoms with Crippen LogP contribution in [0.3, 0.4) is 0 Å². The van der Waals surface area contributed by atoms with Crippen LogP contribution in [-0.4, -0.2) is 41.2 Å². The first kappa shape index (κ1) is 13.9. The molecule has 1 saturated heterocycles. The predicted molar refractivity (Wildman–Crippen MR) is 82.7 cm³/mol. The summed E-state index contributed by atoms with van der Waals surface area (Å²) in [5.41, 5.74) is 1.83. The van der Waals surface area contributed by atoms with Crippen LogP contribution in [0.25, 0.3) is 11.3 Å². The Labute approximate surface area is 132 Å². The zero-order chi connectivity index (χ0) is 15.8. The van der Waals surface area contributed by atoms with E-state index in [1.54, 1.807) is 0 Å². The Morgan fingerprint density at radius 2 is 2.17 bits per heavy atom. The van der Waals surface area contributed by atoms with E-state index in [9.17, 15) is 9.90 Å². The number of benzene rings is 1. The molecular formula is C16H17N3O4. The zero-order valence-electron chi connectivity index (χ0n) is 12.5. The molecule has 120 valence electrons. The van der Waals surface area contributed by atoms with Crippen molar-refractivity contribution in [1.29, 1.82) is 0 Å². The Bertz CT molecular complexity index is 743. The summed E-state index contributed by atoms with van der Waals surface area (Å²) in [6.45, 7) is 1.58. The van der Waals surface area contributed by atoms with Gasteiger partial charge in [0.25, 0.3) is 0 Å². The molecule has 7 heteroatoms. The van der Waals surface area contributed by atoms with Gasteiger partial charge >= 0.3 is 5.97 Å². The molecule has 7 nitrogen and oxygen atoms in total. The molecule has 2 aromatic rings. The number of anilines is 1. The molecule has 1 fully saturated rings. The van der Waals surface area contributed by atoms with E-state index in [2.05, 4.69) is 10.2 Å². The van der Waals surface area contributed by atoms with Crippen LogP contribution in [0, 0.1) is 5.92 Å². The quantitative estimate of drug-likeness (QED) is 0.902. The standard InChI is InChI=1S/C16H17N3O4/c20-16(21)11-2-1-5-19(8-11)15-7-12(17-18-15)10-3-4-13-14(6-10)23-9-22-13/h3-4,6-7,11H,1-2,5,8-9H2,(H,17,18)(H,20,21).